The summed E-state index contributed by atoms with van der Waals surface area (Å²) in [7, 11) is 0. The fourth-order valence-electron chi connectivity index (χ4n) is 2.38. The van der Waals surface area contributed by atoms with Crippen LogP contribution in [0.15, 0.2) is 12.1 Å². The van der Waals surface area contributed by atoms with Crippen molar-refractivity contribution < 1.29 is 8.78 Å². The van der Waals surface area contributed by atoms with E-state index in [0.29, 0.717) is 11.6 Å². The fraction of sp³-hybridized carbons (Fsp3) is 0.462. The molecule has 1 heterocycles. The lowest BCUT2D eigenvalue weighted by molar-refractivity contribution is 0.436. The summed E-state index contributed by atoms with van der Waals surface area (Å²) in [5.41, 5.74) is 5.62. The van der Waals surface area contributed by atoms with Crippen LogP contribution < -0.4 is 10.6 Å². The molecule has 2 N–H and O–H groups in total. The molecule has 5 heteroatoms. The number of benzene rings is 1. The minimum Gasteiger partial charge on any atom is -0.389 e. The van der Waals surface area contributed by atoms with Gasteiger partial charge in [0, 0.05) is 18.7 Å². The van der Waals surface area contributed by atoms with Gasteiger partial charge in [-0.3, -0.25) is 0 Å². The first-order valence-electron chi connectivity index (χ1n) is 6.03. The lowest BCUT2D eigenvalue weighted by atomic mass is 9.99. The molecule has 1 saturated heterocycles. The lowest BCUT2D eigenvalue weighted by Crippen LogP contribution is -2.35. The zero-order chi connectivity index (χ0) is 13.3. The predicted molar refractivity (Wildman–Crippen MR) is 72.9 cm³/mol. The Morgan fingerprint density at radius 1 is 1.39 bits per heavy atom. The molecule has 0 amide bonds. The molecular weight excluding hydrogens is 254 g/mol. The highest BCUT2D eigenvalue weighted by Gasteiger charge is 2.22. The number of anilines is 1. The Balaban J connectivity index is 2.34. The van der Waals surface area contributed by atoms with Crippen molar-refractivity contribution in [3.8, 4) is 0 Å². The number of thiocarbonyl (C=S) groups is 1. The Hall–Kier alpha value is -1.23. The van der Waals surface area contributed by atoms with Gasteiger partial charge in [0.2, 0.25) is 0 Å². The normalized spacial score (nSPS) is 19.9. The van der Waals surface area contributed by atoms with Crippen molar-refractivity contribution in [3.05, 3.63) is 29.3 Å². The van der Waals surface area contributed by atoms with E-state index in [9.17, 15) is 8.78 Å². The van der Waals surface area contributed by atoms with Gasteiger partial charge >= 0.3 is 0 Å². The summed E-state index contributed by atoms with van der Waals surface area (Å²) < 4.78 is 27.8. The molecule has 0 aliphatic carbocycles. The Bertz CT molecular complexity index is 476. The summed E-state index contributed by atoms with van der Waals surface area (Å²) in [6.07, 6.45) is 2.13. The minimum atomic E-state index is -0.946. The van der Waals surface area contributed by atoms with Crippen molar-refractivity contribution in [1.82, 2.24) is 0 Å². The zero-order valence-electron chi connectivity index (χ0n) is 10.2. The Morgan fingerprint density at radius 3 is 2.72 bits per heavy atom. The predicted octanol–water partition coefficient (Wildman–Crippen LogP) is 2.84. The van der Waals surface area contributed by atoms with Gasteiger partial charge in [0.05, 0.1) is 5.69 Å². The molecule has 1 aromatic carbocycles. The molecule has 0 spiro atoms. The van der Waals surface area contributed by atoms with Crippen LogP contribution in [0.1, 0.15) is 25.3 Å². The van der Waals surface area contributed by atoms with E-state index in [-0.39, 0.29) is 10.6 Å². The van der Waals surface area contributed by atoms with Crippen LogP contribution in [-0.4, -0.2) is 18.1 Å². The summed E-state index contributed by atoms with van der Waals surface area (Å²) in [4.78, 5) is 1.76. The lowest BCUT2D eigenvalue weighted by Gasteiger charge is -2.33. The van der Waals surface area contributed by atoms with Crippen molar-refractivity contribution in [3.63, 3.8) is 0 Å². The van der Waals surface area contributed by atoms with Crippen LogP contribution >= 0.6 is 12.2 Å². The summed E-state index contributed by atoms with van der Waals surface area (Å²) >= 11 is 4.69. The maximum atomic E-state index is 14.0. The maximum Gasteiger partial charge on any atom is 0.182 e. The monoisotopic (exact) mass is 270 g/mol. The van der Waals surface area contributed by atoms with Gasteiger partial charge in [0.1, 0.15) is 4.99 Å². The molecule has 1 atom stereocenters. The molecule has 0 aromatic heterocycles. The average molecular weight is 270 g/mol. The smallest absolute Gasteiger partial charge is 0.182 e. The van der Waals surface area contributed by atoms with Gasteiger partial charge in [0.15, 0.2) is 11.6 Å². The number of nitrogens with zero attached hydrogens (tertiary/aromatic N) is 1. The van der Waals surface area contributed by atoms with E-state index >= 15 is 0 Å². The van der Waals surface area contributed by atoms with Gasteiger partial charge in [-0.05, 0) is 30.9 Å². The third-order valence-corrected chi connectivity index (χ3v) is 3.55. The van der Waals surface area contributed by atoms with Crippen molar-refractivity contribution >= 4 is 22.9 Å². The largest absolute Gasteiger partial charge is 0.389 e. The third-order valence-electron chi connectivity index (χ3n) is 3.33. The Kier molecular flexibility index (Phi) is 3.80. The first-order chi connectivity index (χ1) is 8.50. The van der Waals surface area contributed by atoms with E-state index in [2.05, 4.69) is 19.1 Å². The van der Waals surface area contributed by atoms with E-state index in [4.69, 9.17) is 5.73 Å². The van der Waals surface area contributed by atoms with Crippen molar-refractivity contribution in [2.24, 2.45) is 11.7 Å². The highest BCUT2D eigenvalue weighted by atomic mass is 32.1. The molecule has 18 heavy (non-hydrogen) atoms. The second-order valence-corrected chi connectivity index (χ2v) is 5.26. The van der Waals surface area contributed by atoms with Crippen LogP contribution in [0, 0.1) is 17.6 Å². The second kappa shape index (κ2) is 5.18. The number of hydrogen-bond acceptors (Lipinski definition) is 2. The number of hydrogen-bond donors (Lipinski definition) is 1. The topological polar surface area (TPSA) is 29.3 Å². The molecule has 1 aromatic rings. The Morgan fingerprint density at radius 2 is 2.11 bits per heavy atom. The van der Waals surface area contributed by atoms with Crippen molar-refractivity contribution in [1.29, 1.82) is 0 Å². The highest BCUT2D eigenvalue weighted by molar-refractivity contribution is 7.80. The molecule has 1 aliphatic rings. The number of rotatable bonds is 2. The summed E-state index contributed by atoms with van der Waals surface area (Å²) in [5, 5.41) is 0. The number of piperidine rings is 1. The second-order valence-electron chi connectivity index (χ2n) is 4.82. The van der Waals surface area contributed by atoms with Gasteiger partial charge < -0.3 is 10.6 Å². The molecular formula is C13H16F2N2S. The fourth-order valence-corrected chi connectivity index (χ4v) is 2.54. The van der Waals surface area contributed by atoms with Crippen LogP contribution in [0.3, 0.4) is 0 Å². The summed E-state index contributed by atoms with van der Waals surface area (Å²) in [6, 6.07) is 3.01. The first kappa shape index (κ1) is 13.2. The van der Waals surface area contributed by atoms with Gasteiger partial charge in [0.25, 0.3) is 0 Å². The maximum absolute atomic E-state index is 14.0. The minimum absolute atomic E-state index is 0.0312. The van der Waals surface area contributed by atoms with Crippen LogP contribution in [-0.2, 0) is 0 Å². The standard InChI is InChI=1S/C13H16F2N2S/c1-8-3-2-6-17(7-8)10-5-4-9(13(16)18)11(14)12(10)15/h4-5,8H,2-3,6-7H2,1H3,(H2,16,18). The highest BCUT2D eigenvalue weighted by Crippen LogP contribution is 2.28. The van der Waals surface area contributed by atoms with Crippen molar-refractivity contribution in [2.75, 3.05) is 18.0 Å². The molecule has 0 bridgehead atoms. The number of halogens is 2. The molecule has 1 unspecified atom stereocenters. The van der Waals surface area contributed by atoms with Crippen LogP contribution in [0.4, 0.5) is 14.5 Å². The average Bonchev–Trinajstić information content (AvgIpc) is 2.32. The SMILES string of the molecule is CC1CCCN(c2ccc(C(N)=S)c(F)c2F)C1. The van der Waals surface area contributed by atoms with E-state index in [0.717, 1.165) is 25.9 Å². The third kappa shape index (κ3) is 2.46. The first-order valence-corrected chi connectivity index (χ1v) is 6.44. The van der Waals surface area contributed by atoms with Crippen LogP contribution in [0.2, 0.25) is 0 Å². The molecule has 0 radical (unpaired) electrons. The van der Waals surface area contributed by atoms with E-state index in [1.54, 1.807) is 6.07 Å². The van der Waals surface area contributed by atoms with Gasteiger partial charge in [-0.25, -0.2) is 8.78 Å². The van der Waals surface area contributed by atoms with E-state index in [1.165, 1.54) is 6.07 Å². The van der Waals surface area contributed by atoms with Gasteiger partial charge in [-0.2, -0.15) is 0 Å². The van der Waals surface area contributed by atoms with Crippen molar-refractivity contribution in [2.45, 2.75) is 19.8 Å². The molecule has 1 aliphatic heterocycles. The summed E-state index contributed by atoms with van der Waals surface area (Å²) in [5.74, 6) is -1.30. The van der Waals surface area contributed by atoms with E-state index < -0.39 is 11.6 Å². The van der Waals surface area contributed by atoms with Crippen LogP contribution in [0.5, 0.6) is 0 Å². The van der Waals surface area contributed by atoms with Crippen LogP contribution in [0.25, 0.3) is 0 Å². The molecule has 0 saturated carbocycles. The van der Waals surface area contributed by atoms with Gasteiger partial charge in [-0.1, -0.05) is 19.1 Å². The molecule has 2 rings (SSSR count). The summed E-state index contributed by atoms with van der Waals surface area (Å²) in [6.45, 7) is 3.62. The quantitative estimate of drug-likeness (QED) is 0.838. The zero-order valence-corrected chi connectivity index (χ0v) is 11.1. The van der Waals surface area contributed by atoms with E-state index in [1.807, 2.05) is 4.90 Å². The molecule has 1 fully saturated rings. The number of nitrogens with two attached hydrogens (primary N) is 1. The van der Waals surface area contributed by atoms with Gasteiger partial charge in [-0.15, -0.1) is 0 Å². The molecule has 2 nitrogen and oxygen atoms in total. The Labute approximate surface area is 111 Å². The molecule has 98 valence electrons.